The van der Waals surface area contributed by atoms with Gasteiger partial charge in [0.15, 0.2) is 0 Å². The third kappa shape index (κ3) is 3.20. The van der Waals surface area contributed by atoms with E-state index in [0.29, 0.717) is 18.0 Å². The van der Waals surface area contributed by atoms with Crippen molar-refractivity contribution in [3.05, 3.63) is 29.8 Å². The van der Waals surface area contributed by atoms with E-state index in [1.807, 2.05) is 33.2 Å². The zero-order valence-electron chi connectivity index (χ0n) is 12.3. The molecule has 0 aromatic heterocycles. The maximum atomic E-state index is 12.5. The molecule has 0 bridgehead atoms. The van der Waals surface area contributed by atoms with Gasteiger partial charge in [-0.1, -0.05) is 12.1 Å². The zero-order valence-corrected chi connectivity index (χ0v) is 13.2. The highest BCUT2D eigenvalue weighted by atomic mass is 32.2. The Hall–Kier alpha value is -0.950. The summed E-state index contributed by atoms with van der Waals surface area (Å²) in [7, 11) is 0.552. The van der Waals surface area contributed by atoms with E-state index >= 15 is 0 Å². The van der Waals surface area contributed by atoms with Gasteiger partial charge >= 0.3 is 0 Å². The topological polar surface area (TPSA) is 52.7 Å². The van der Waals surface area contributed by atoms with Gasteiger partial charge in [-0.15, -0.1) is 0 Å². The first kappa shape index (κ1) is 15.4. The van der Waals surface area contributed by atoms with Crippen molar-refractivity contribution in [3.63, 3.8) is 0 Å². The maximum Gasteiger partial charge on any atom is 0.243 e. The number of nitrogens with one attached hydrogen (secondary N) is 1. The Balaban J connectivity index is 2.17. The molecule has 112 valence electrons. The summed E-state index contributed by atoms with van der Waals surface area (Å²) in [6.45, 7) is 4.74. The molecule has 2 rings (SSSR count). The van der Waals surface area contributed by atoms with Crippen LogP contribution in [-0.4, -0.2) is 57.9 Å². The van der Waals surface area contributed by atoms with E-state index in [1.54, 1.807) is 16.4 Å². The normalized spacial score (nSPS) is 19.9. The number of hydrogen-bond donors (Lipinski definition) is 1. The quantitative estimate of drug-likeness (QED) is 0.897. The van der Waals surface area contributed by atoms with Crippen LogP contribution in [0.5, 0.6) is 0 Å². The van der Waals surface area contributed by atoms with Crippen molar-refractivity contribution in [2.45, 2.75) is 17.9 Å². The van der Waals surface area contributed by atoms with Gasteiger partial charge in [0.05, 0.1) is 4.90 Å². The summed E-state index contributed by atoms with van der Waals surface area (Å²) in [6.07, 6.45) is 0. The summed E-state index contributed by atoms with van der Waals surface area (Å²) < 4.78 is 26.6. The Labute approximate surface area is 121 Å². The highest BCUT2D eigenvalue weighted by molar-refractivity contribution is 7.89. The first-order chi connectivity index (χ1) is 9.45. The van der Waals surface area contributed by atoms with Gasteiger partial charge in [0.1, 0.15) is 0 Å². The van der Waals surface area contributed by atoms with E-state index in [4.69, 9.17) is 0 Å². The maximum absolute atomic E-state index is 12.5. The molecule has 0 aliphatic carbocycles. The van der Waals surface area contributed by atoms with Crippen molar-refractivity contribution in [2.75, 3.05) is 40.3 Å². The average Bonchev–Trinajstić information content (AvgIpc) is 2.47. The van der Waals surface area contributed by atoms with Crippen molar-refractivity contribution in [1.29, 1.82) is 0 Å². The van der Waals surface area contributed by atoms with Crippen molar-refractivity contribution >= 4 is 10.0 Å². The fraction of sp³-hybridized carbons (Fsp3) is 0.571. The van der Waals surface area contributed by atoms with Crippen LogP contribution in [0.1, 0.15) is 18.5 Å². The Bertz CT molecular complexity index is 534. The number of rotatable bonds is 4. The minimum atomic E-state index is -3.35. The Morgan fingerprint density at radius 2 is 1.65 bits per heavy atom. The SMILES string of the molecule is CNC(C)c1ccc(S(=O)(=O)N2CCN(C)CC2)cc1. The highest BCUT2D eigenvalue weighted by Gasteiger charge is 2.27. The van der Waals surface area contributed by atoms with Crippen LogP contribution in [0.2, 0.25) is 0 Å². The second-order valence-electron chi connectivity index (χ2n) is 5.29. The van der Waals surface area contributed by atoms with Crippen LogP contribution in [0, 0.1) is 0 Å². The van der Waals surface area contributed by atoms with Crippen LogP contribution in [0.3, 0.4) is 0 Å². The second kappa shape index (κ2) is 6.22. The van der Waals surface area contributed by atoms with E-state index < -0.39 is 10.0 Å². The van der Waals surface area contributed by atoms with Crippen molar-refractivity contribution < 1.29 is 8.42 Å². The molecular formula is C14H23N3O2S. The van der Waals surface area contributed by atoms with Crippen LogP contribution in [-0.2, 0) is 10.0 Å². The van der Waals surface area contributed by atoms with E-state index in [-0.39, 0.29) is 6.04 Å². The van der Waals surface area contributed by atoms with Crippen LogP contribution >= 0.6 is 0 Å². The smallest absolute Gasteiger partial charge is 0.243 e. The molecule has 1 saturated heterocycles. The first-order valence-corrected chi connectivity index (χ1v) is 8.35. The van der Waals surface area contributed by atoms with Gasteiger partial charge in [-0.2, -0.15) is 4.31 Å². The number of piperazine rings is 1. The van der Waals surface area contributed by atoms with Crippen LogP contribution in [0.25, 0.3) is 0 Å². The van der Waals surface area contributed by atoms with Gasteiger partial charge in [-0.05, 0) is 38.7 Å². The number of nitrogens with zero attached hydrogens (tertiary/aromatic N) is 2. The Morgan fingerprint density at radius 1 is 1.10 bits per heavy atom. The van der Waals surface area contributed by atoms with Crippen LogP contribution in [0.4, 0.5) is 0 Å². The lowest BCUT2D eigenvalue weighted by atomic mass is 10.1. The van der Waals surface area contributed by atoms with Gasteiger partial charge < -0.3 is 10.2 Å². The summed E-state index contributed by atoms with van der Waals surface area (Å²) >= 11 is 0. The minimum absolute atomic E-state index is 0.218. The highest BCUT2D eigenvalue weighted by Crippen LogP contribution is 2.20. The summed E-state index contributed by atoms with van der Waals surface area (Å²) in [6, 6.07) is 7.39. The molecule has 20 heavy (non-hydrogen) atoms. The van der Waals surface area contributed by atoms with Crippen molar-refractivity contribution in [3.8, 4) is 0 Å². The summed E-state index contributed by atoms with van der Waals surface area (Å²) in [5.41, 5.74) is 1.09. The Morgan fingerprint density at radius 3 is 2.15 bits per heavy atom. The molecule has 0 radical (unpaired) electrons. The first-order valence-electron chi connectivity index (χ1n) is 6.91. The number of benzene rings is 1. The lowest BCUT2D eigenvalue weighted by Crippen LogP contribution is -2.47. The molecule has 1 N–H and O–H groups in total. The molecule has 5 nitrogen and oxygen atoms in total. The van der Waals surface area contributed by atoms with Crippen LogP contribution in [0.15, 0.2) is 29.2 Å². The molecule has 1 unspecified atom stereocenters. The van der Waals surface area contributed by atoms with Crippen molar-refractivity contribution in [1.82, 2.24) is 14.5 Å². The predicted octanol–water partition coefficient (Wildman–Crippen LogP) is 0.903. The monoisotopic (exact) mass is 297 g/mol. The van der Waals surface area contributed by atoms with Gasteiger partial charge in [-0.25, -0.2) is 8.42 Å². The molecule has 0 spiro atoms. The van der Waals surface area contributed by atoms with E-state index in [2.05, 4.69) is 10.2 Å². The largest absolute Gasteiger partial charge is 0.313 e. The van der Waals surface area contributed by atoms with Gasteiger partial charge in [0, 0.05) is 32.2 Å². The van der Waals surface area contributed by atoms with Gasteiger partial charge in [0.2, 0.25) is 10.0 Å². The molecule has 6 heteroatoms. The molecule has 1 aromatic carbocycles. The lowest BCUT2D eigenvalue weighted by molar-refractivity contribution is 0.222. The number of hydrogen-bond acceptors (Lipinski definition) is 4. The summed E-state index contributed by atoms with van der Waals surface area (Å²) in [4.78, 5) is 2.53. The zero-order chi connectivity index (χ0) is 14.8. The molecule has 1 atom stereocenters. The van der Waals surface area contributed by atoms with E-state index in [9.17, 15) is 8.42 Å². The second-order valence-corrected chi connectivity index (χ2v) is 7.22. The lowest BCUT2D eigenvalue weighted by Gasteiger charge is -2.31. The molecule has 0 saturated carbocycles. The molecule has 1 aromatic rings. The molecule has 0 amide bonds. The summed E-state index contributed by atoms with van der Waals surface area (Å²) in [5.74, 6) is 0. The fourth-order valence-corrected chi connectivity index (χ4v) is 3.69. The molecule has 1 aliphatic rings. The molecule has 1 heterocycles. The molecule has 1 fully saturated rings. The molecular weight excluding hydrogens is 274 g/mol. The number of sulfonamides is 1. The van der Waals surface area contributed by atoms with Crippen molar-refractivity contribution in [2.24, 2.45) is 0 Å². The standard InChI is InChI=1S/C14H23N3O2S/c1-12(15-2)13-4-6-14(7-5-13)20(18,19)17-10-8-16(3)9-11-17/h4-7,12,15H,8-11H2,1-3H3. The van der Waals surface area contributed by atoms with Gasteiger partial charge in [-0.3, -0.25) is 0 Å². The Kier molecular flexibility index (Phi) is 4.80. The summed E-state index contributed by atoms with van der Waals surface area (Å²) in [5, 5.41) is 3.14. The molecule has 1 aliphatic heterocycles. The third-order valence-electron chi connectivity index (χ3n) is 3.91. The minimum Gasteiger partial charge on any atom is -0.313 e. The average molecular weight is 297 g/mol. The van der Waals surface area contributed by atoms with Crippen LogP contribution < -0.4 is 5.32 Å². The predicted molar refractivity (Wildman–Crippen MR) is 80.2 cm³/mol. The van der Waals surface area contributed by atoms with E-state index in [1.165, 1.54) is 0 Å². The van der Waals surface area contributed by atoms with Gasteiger partial charge in [0.25, 0.3) is 0 Å². The number of likely N-dealkylation sites (N-methyl/N-ethyl adjacent to an activating group) is 1. The fourth-order valence-electron chi connectivity index (χ4n) is 2.27. The third-order valence-corrected chi connectivity index (χ3v) is 5.83. The van der Waals surface area contributed by atoms with E-state index in [0.717, 1.165) is 18.7 Å².